The molecule has 0 saturated heterocycles. The second kappa shape index (κ2) is 7.22. The predicted octanol–water partition coefficient (Wildman–Crippen LogP) is 4.00. The fourth-order valence-electron chi connectivity index (χ4n) is 2.66. The van der Waals surface area contributed by atoms with Crippen LogP contribution in [0.3, 0.4) is 0 Å². The average Bonchev–Trinajstić information content (AvgIpc) is 2.60. The van der Waals surface area contributed by atoms with Crippen LogP contribution in [0.4, 0.5) is 8.78 Å². The summed E-state index contributed by atoms with van der Waals surface area (Å²) in [5, 5.41) is 5.27. The van der Waals surface area contributed by atoms with Crippen LogP contribution in [0.5, 0.6) is 5.75 Å². The van der Waals surface area contributed by atoms with E-state index < -0.39 is 26.6 Å². The molecule has 0 amide bonds. The Kier molecular flexibility index (Phi) is 5.14. The van der Waals surface area contributed by atoms with Crippen molar-refractivity contribution in [1.82, 2.24) is 4.98 Å². The van der Waals surface area contributed by atoms with Crippen molar-refractivity contribution in [3.8, 4) is 28.1 Å². The number of ether oxygens (including phenoxy) is 1. The third-order valence-corrected chi connectivity index (χ3v) is 5.10. The van der Waals surface area contributed by atoms with Crippen LogP contribution in [-0.2, 0) is 10.0 Å². The first-order valence-corrected chi connectivity index (χ1v) is 9.46. The number of benzene rings is 2. The van der Waals surface area contributed by atoms with Crippen LogP contribution >= 0.6 is 11.6 Å². The van der Waals surface area contributed by atoms with Crippen molar-refractivity contribution in [2.45, 2.75) is 4.90 Å². The largest absolute Gasteiger partial charge is 0.495 e. The molecule has 140 valence electrons. The van der Waals surface area contributed by atoms with Gasteiger partial charge in [-0.3, -0.25) is 4.98 Å². The average molecular weight is 411 g/mol. The van der Waals surface area contributed by atoms with Gasteiger partial charge < -0.3 is 4.74 Å². The SMILES string of the molecule is COc1cc(-c2cccnc2-c2cc(F)c(S(N)(=O)=O)c(F)c2)ccc1Cl. The lowest BCUT2D eigenvalue weighted by atomic mass is 9.99. The first-order chi connectivity index (χ1) is 12.7. The maximum Gasteiger partial charge on any atom is 0.243 e. The molecule has 2 N–H and O–H groups in total. The minimum atomic E-state index is -4.54. The number of sulfonamides is 1. The molecule has 5 nitrogen and oxygen atoms in total. The molecule has 0 fully saturated rings. The zero-order valence-corrected chi connectivity index (χ0v) is 15.5. The van der Waals surface area contributed by atoms with Gasteiger partial charge in [-0.15, -0.1) is 0 Å². The Morgan fingerprint density at radius 3 is 2.33 bits per heavy atom. The van der Waals surface area contributed by atoms with Gasteiger partial charge in [0.15, 0.2) is 4.90 Å². The van der Waals surface area contributed by atoms with Crippen LogP contribution in [-0.4, -0.2) is 20.5 Å². The molecule has 0 aliphatic heterocycles. The third kappa shape index (κ3) is 3.78. The Hall–Kier alpha value is -2.55. The van der Waals surface area contributed by atoms with Gasteiger partial charge in [0.25, 0.3) is 0 Å². The van der Waals surface area contributed by atoms with Crippen LogP contribution in [0.1, 0.15) is 0 Å². The van der Waals surface area contributed by atoms with E-state index in [0.29, 0.717) is 21.9 Å². The first-order valence-electron chi connectivity index (χ1n) is 7.53. The molecule has 27 heavy (non-hydrogen) atoms. The fraction of sp³-hybridized carbons (Fsp3) is 0.0556. The Labute approximate surface area is 159 Å². The molecular weight excluding hydrogens is 398 g/mol. The van der Waals surface area contributed by atoms with Gasteiger partial charge in [0.2, 0.25) is 10.0 Å². The number of nitrogens with zero attached hydrogens (tertiary/aromatic N) is 1. The Morgan fingerprint density at radius 1 is 1.07 bits per heavy atom. The standard InChI is InChI=1S/C18H13ClF2N2O3S/c1-26-16-9-10(4-5-13(16)19)12-3-2-6-23-17(12)11-7-14(20)18(15(21)8-11)27(22,24)25/h2-9H,1H3,(H2,22,24,25). The van der Waals surface area contributed by atoms with Crippen molar-refractivity contribution in [3.05, 3.63) is 65.3 Å². The van der Waals surface area contributed by atoms with E-state index in [1.54, 1.807) is 30.3 Å². The Morgan fingerprint density at radius 2 is 1.74 bits per heavy atom. The highest BCUT2D eigenvalue weighted by Crippen LogP contribution is 2.36. The maximum absolute atomic E-state index is 14.2. The van der Waals surface area contributed by atoms with Gasteiger partial charge >= 0.3 is 0 Å². The number of methoxy groups -OCH3 is 1. The Bertz CT molecular complexity index is 1110. The lowest BCUT2D eigenvalue weighted by molar-refractivity contribution is 0.415. The van der Waals surface area contributed by atoms with Crippen molar-refractivity contribution in [2.24, 2.45) is 5.14 Å². The highest BCUT2D eigenvalue weighted by atomic mass is 35.5. The molecule has 0 aliphatic carbocycles. The molecular formula is C18H13ClF2N2O3S. The van der Waals surface area contributed by atoms with Crippen LogP contribution in [0.15, 0.2) is 53.6 Å². The summed E-state index contributed by atoms with van der Waals surface area (Å²) in [4.78, 5) is 3.01. The van der Waals surface area contributed by atoms with E-state index >= 15 is 0 Å². The van der Waals surface area contributed by atoms with Crippen LogP contribution in [0.25, 0.3) is 22.4 Å². The van der Waals surface area contributed by atoms with Crippen molar-refractivity contribution in [1.29, 1.82) is 0 Å². The molecule has 3 aromatic rings. The van der Waals surface area contributed by atoms with E-state index in [9.17, 15) is 17.2 Å². The van der Waals surface area contributed by atoms with E-state index in [0.717, 1.165) is 12.1 Å². The molecule has 9 heteroatoms. The summed E-state index contributed by atoms with van der Waals surface area (Å²) in [5.74, 6) is -2.17. The molecule has 0 aliphatic rings. The van der Waals surface area contributed by atoms with Crippen molar-refractivity contribution < 1.29 is 21.9 Å². The number of halogens is 3. The highest BCUT2D eigenvalue weighted by Gasteiger charge is 2.23. The summed E-state index contributed by atoms with van der Waals surface area (Å²) in [6, 6.07) is 10.1. The molecule has 3 rings (SSSR count). The molecule has 0 bridgehead atoms. The Balaban J connectivity index is 2.21. The van der Waals surface area contributed by atoms with E-state index in [2.05, 4.69) is 4.98 Å². The van der Waals surface area contributed by atoms with Crippen LogP contribution < -0.4 is 9.88 Å². The normalized spacial score (nSPS) is 11.4. The number of primary sulfonamides is 1. The summed E-state index contributed by atoms with van der Waals surface area (Å²) in [6.45, 7) is 0. The molecule has 1 aromatic heterocycles. The lowest BCUT2D eigenvalue weighted by Crippen LogP contribution is -2.16. The minimum Gasteiger partial charge on any atom is -0.495 e. The van der Waals surface area contributed by atoms with E-state index in [1.165, 1.54) is 13.3 Å². The highest BCUT2D eigenvalue weighted by molar-refractivity contribution is 7.89. The van der Waals surface area contributed by atoms with Gasteiger partial charge in [-0.05, 0) is 35.9 Å². The number of rotatable bonds is 4. The molecule has 0 radical (unpaired) electrons. The maximum atomic E-state index is 14.2. The summed E-state index contributed by atoms with van der Waals surface area (Å²) < 4.78 is 56.4. The van der Waals surface area contributed by atoms with Gasteiger partial charge in [-0.2, -0.15) is 0 Å². The molecule has 0 unspecified atom stereocenters. The minimum absolute atomic E-state index is 0.0573. The monoisotopic (exact) mass is 410 g/mol. The molecule has 1 heterocycles. The zero-order chi connectivity index (χ0) is 19.8. The smallest absolute Gasteiger partial charge is 0.243 e. The number of hydrogen-bond acceptors (Lipinski definition) is 4. The van der Waals surface area contributed by atoms with Crippen LogP contribution in [0, 0.1) is 11.6 Å². The number of hydrogen-bond donors (Lipinski definition) is 1. The molecule has 0 saturated carbocycles. The summed E-state index contributed by atoms with van der Waals surface area (Å²) in [6.07, 6.45) is 1.45. The summed E-state index contributed by atoms with van der Waals surface area (Å²) in [7, 11) is -3.08. The zero-order valence-electron chi connectivity index (χ0n) is 13.9. The van der Waals surface area contributed by atoms with E-state index in [1.807, 2.05) is 0 Å². The quantitative estimate of drug-likeness (QED) is 0.704. The second-order valence-electron chi connectivity index (χ2n) is 5.56. The van der Waals surface area contributed by atoms with E-state index in [4.69, 9.17) is 21.5 Å². The summed E-state index contributed by atoms with van der Waals surface area (Å²) in [5.41, 5.74) is 1.51. The number of aromatic nitrogens is 1. The lowest BCUT2D eigenvalue weighted by Gasteiger charge is -2.12. The van der Waals surface area contributed by atoms with Crippen molar-refractivity contribution in [2.75, 3.05) is 7.11 Å². The van der Waals surface area contributed by atoms with Gasteiger partial charge in [-0.1, -0.05) is 23.7 Å². The van der Waals surface area contributed by atoms with E-state index in [-0.39, 0.29) is 11.3 Å². The number of pyridine rings is 1. The fourth-order valence-corrected chi connectivity index (χ4v) is 3.52. The first kappa shape index (κ1) is 19.2. The van der Waals surface area contributed by atoms with Crippen LogP contribution in [0.2, 0.25) is 5.02 Å². The van der Waals surface area contributed by atoms with Crippen molar-refractivity contribution in [3.63, 3.8) is 0 Å². The van der Waals surface area contributed by atoms with Gasteiger partial charge in [0.05, 0.1) is 17.8 Å². The van der Waals surface area contributed by atoms with Gasteiger partial charge in [0.1, 0.15) is 17.4 Å². The molecule has 0 spiro atoms. The molecule has 0 atom stereocenters. The predicted molar refractivity (Wildman–Crippen MR) is 98.0 cm³/mol. The topological polar surface area (TPSA) is 82.3 Å². The summed E-state index contributed by atoms with van der Waals surface area (Å²) >= 11 is 6.03. The third-order valence-electron chi connectivity index (χ3n) is 3.83. The second-order valence-corrected chi connectivity index (χ2v) is 7.47. The van der Waals surface area contributed by atoms with Crippen molar-refractivity contribution >= 4 is 21.6 Å². The van der Waals surface area contributed by atoms with Gasteiger partial charge in [0, 0.05) is 17.3 Å². The molecule has 2 aromatic carbocycles. The van der Waals surface area contributed by atoms with Gasteiger partial charge in [-0.25, -0.2) is 22.3 Å². The number of nitrogens with two attached hydrogens (primary N) is 1.